The Kier molecular flexibility index (Phi) is 3.72. The van der Waals surface area contributed by atoms with E-state index in [1.165, 1.54) is 43.2 Å². The highest BCUT2D eigenvalue weighted by Gasteiger charge is 2.16. The molecule has 3 heteroatoms. The Bertz CT molecular complexity index is 461. The average molecular weight is 257 g/mol. The SMILES string of the molecule is NC1=NN(Cc2cccc(C3CCCCC3)c2)CC1. The van der Waals surface area contributed by atoms with Crippen molar-refractivity contribution in [3.63, 3.8) is 0 Å². The van der Waals surface area contributed by atoms with Crippen molar-refractivity contribution in [3.8, 4) is 0 Å². The Morgan fingerprint density at radius 1 is 1.21 bits per heavy atom. The second-order valence-electron chi connectivity index (χ2n) is 5.81. The molecule has 1 heterocycles. The van der Waals surface area contributed by atoms with Crippen LogP contribution in [0.4, 0.5) is 0 Å². The van der Waals surface area contributed by atoms with Crippen LogP contribution in [0.2, 0.25) is 0 Å². The van der Waals surface area contributed by atoms with Crippen molar-refractivity contribution in [1.29, 1.82) is 0 Å². The van der Waals surface area contributed by atoms with Gasteiger partial charge in [-0.25, -0.2) is 0 Å². The molecule has 0 bridgehead atoms. The van der Waals surface area contributed by atoms with Crippen LogP contribution in [0.25, 0.3) is 0 Å². The van der Waals surface area contributed by atoms with E-state index in [0.717, 1.165) is 31.3 Å². The van der Waals surface area contributed by atoms with Crippen molar-refractivity contribution >= 4 is 5.84 Å². The lowest BCUT2D eigenvalue weighted by Gasteiger charge is -2.23. The van der Waals surface area contributed by atoms with E-state index in [2.05, 4.69) is 34.4 Å². The van der Waals surface area contributed by atoms with Crippen LogP contribution in [0, 0.1) is 0 Å². The summed E-state index contributed by atoms with van der Waals surface area (Å²) in [7, 11) is 0. The number of hydrazone groups is 1. The van der Waals surface area contributed by atoms with Crippen LogP contribution >= 0.6 is 0 Å². The molecule has 1 aliphatic carbocycles. The molecule has 0 saturated heterocycles. The van der Waals surface area contributed by atoms with Crippen LogP contribution < -0.4 is 5.73 Å². The molecule has 2 N–H and O–H groups in total. The lowest BCUT2D eigenvalue weighted by molar-refractivity contribution is 0.310. The van der Waals surface area contributed by atoms with Gasteiger partial charge in [-0.3, -0.25) is 5.01 Å². The molecule has 0 unspecified atom stereocenters. The number of amidine groups is 1. The summed E-state index contributed by atoms with van der Waals surface area (Å²) in [6, 6.07) is 9.07. The third-order valence-corrected chi connectivity index (χ3v) is 4.29. The van der Waals surface area contributed by atoms with E-state index < -0.39 is 0 Å². The molecule has 19 heavy (non-hydrogen) atoms. The first-order valence-corrected chi connectivity index (χ1v) is 7.48. The predicted octanol–water partition coefficient (Wildman–Crippen LogP) is 3.21. The standard InChI is InChI=1S/C16H23N3/c17-16-9-10-19(18-16)12-13-5-4-8-15(11-13)14-6-2-1-3-7-14/h4-5,8,11,14H,1-3,6-7,9-10,12H2,(H2,17,18). The first-order valence-electron chi connectivity index (χ1n) is 7.48. The van der Waals surface area contributed by atoms with Gasteiger partial charge in [0.2, 0.25) is 0 Å². The van der Waals surface area contributed by atoms with E-state index in [1.54, 1.807) is 0 Å². The van der Waals surface area contributed by atoms with Crippen molar-refractivity contribution < 1.29 is 0 Å². The molecule has 3 rings (SSSR count). The molecule has 0 radical (unpaired) electrons. The molecule has 1 aromatic rings. The maximum atomic E-state index is 5.73. The number of rotatable bonds is 3. The molecular weight excluding hydrogens is 234 g/mol. The van der Waals surface area contributed by atoms with Gasteiger partial charge < -0.3 is 5.73 Å². The molecule has 1 saturated carbocycles. The zero-order valence-electron chi connectivity index (χ0n) is 11.5. The van der Waals surface area contributed by atoms with E-state index in [9.17, 15) is 0 Å². The van der Waals surface area contributed by atoms with E-state index in [1.807, 2.05) is 0 Å². The summed E-state index contributed by atoms with van der Waals surface area (Å²) in [6.07, 6.45) is 7.82. The summed E-state index contributed by atoms with van der Waals surface area (Å²) >= 11 is 0. The van der Waals surface area contributed by atoms with Crippen LogP contribution in [0.3, 0.4) is 0 Å². The van der Waals surface area contributed by atoms with E-state index in [4.69, 9.17) is 5.73 Å². The molecule has 0 atom stereocenters. The maximum Gasteiger partial charge on any atom is 0.121 e. The van der Waals surface area contributed by atoms with E-state index >= 15 is 0 Å². The number of benzene rings is 1. The lowest BCUT2D eigenvalue weighted by Crippen LogP contribution is -2.13. The van der Waals surface area contributed by atoms with Gasteiger partial charge in [-0.15, -0.1) is 0 Å². The topological polar surface area (TPSA) is 41.6 Å². The van der Waals surface area contributed by atoms with Gasteiger partial charge in [0.1, 0.15) is 5.84 Å². The Labute approximate surface area is 115 Å². The minimum Gasteiger partial charge on any atom is -0.386 e. The minimum atomic E-state index is 0.767. The Morgan fingerprint density at radius 2 is 2.05 bits per heavy atom. The highest BCUT2D eigenvalue weighted by Crippen LogP contribution is 2.33. The van der Waals surface area contributed by atoms with Crippen molar-refractivity contribution in [1.82, 2.24) is 5.01 Å². The fraction of sp³-hybridized carbons (Fsp3) is 0.562. The molecule has 1 aliphatic heterocycles. The van der Waals surface area contributed by atoms with Crippen LogP contribution in [0.5, 0.6) is 0 Å². The Hall–Kier alpha value is -1.51. The molecule has 1 aromatic carbocycles. The molecule has 3 nitrogen and oxygen atoms in total. The van der Waals surface area contributed by atoms with Crippen LogP contribution in [-0.4, -0.2) is 17.4 Å². The summed E-state index contributed by atoms with van der Waals surface area (Å²) in [5.41, 5.74) is 8.62. The number of hydrogen-bond acceptors (Lipinski definition) is 3. The van der Waals surface area contributed by atoms with Gasteiger partial charge in [-0.05, 0) is 29.9 Å². The minimum absolute atomic E-state index is 0.767. The first kappa shape index (κ1) is 12.5. The fourth-order valence-electron chi connectivity index (χ4n) is 3.23. The van der Waals surface area contributed by atoms with Gasteiger partial charge in [0, 0.05) is 13.0 Å². The second kappa shape index (κ2) is 5.64. The van der Waals surface area contributed by atoms with Gasteiger partial charge in [-0.1, -0.05) is 43.5 Å². The van der Waals surface area contributed by atoms with Gasteiger partial charge >= 0.3 is 0 Å². The van der Waals surface area contributed by atoms with Crippen molar-refractivity contribution in [2.75, 3.05) is 6.54 Å². The van der Waals surface area contributed by atoms with Crippen molar-refractivity contribution in [2.24, 2.45) is 10.8 Å². The molecule has 2 aliphatic rings. The zero-order chi connectivity index (χ0) is 13.1. The summed E-state index contributed by atoms with van der Waals surface area (Å²) in [5.74, 6) is 1.55. The highest BCUT2D eigenvalue weighted by atomic mass is 15.5. The number of hydrogen-bond donors (Lipinski definition) is 1. The normalized spacial score (nSPS) is 20.6. The van der Waals surface area contributed by atoms with Crippen molar-refractivity contribution in [2.45, 2.75) is 51.0 Å². The van der Waals surface area contributed by atoms with Crippen LogP contribution in [0.15, 0.2) is 29.4 Å². The average Bonchev–Trinajstić information content (AvgIpc) is 2.85. The Balaban J connectivity index is 1.69. The summed E-state index contributed by atoms with van der Waals surface area (Å²) in [5, 5.41) is 6.43. The van der Waals surface area contributed by atoms with Crippen LogP contribution in [-0.2, 0) is 6.54 Å². The smallest absolute Gasteiger partial charge is 0.121 e. The Morgan fingerprint density at radius 3 is 2.79 bits per heavy atom. The summed E-state index contributed by atoms with van der Waals surface area (Å²) in [6.45, 7) is 1.85. The molecular formula is C16H23N3. The predicted molar refractivity (Wildman–Crippen MR) is 78.9 cm³/mol. The maximum absolute atomic E-state index is 5.73. The van der Waals surface area contributed by atoms with E-state index in [0.29, 0.717) is 0 Å². The van der Waals surface area contributed by atoms with E-state index in [-0.39, 0.29) is 0 Å². The monoisotopic (exact) mass is 257 g/mol. The quantitative estimate of drug-likeness (QED) is 0.903. The van der Waals surface area contributed by atoms with Gasteiger partial charge in [-0.2, -0.15) is 5.10 Å². The lowest BCUT2D eigenvalue weighted by atomic mass is 9.83. The zero-order valence-corrected chi connectivity index (χ0v) is 11.5. The molecule has 102 valence electrons. The van der Waals surface area contributed by atoms with Gasteiger partial charge in [0.15, 0.2) is 0 Å². The first-order chi connectivity index (χ1) is 9.31. The molecule has 1 fully saturated rings. The number of nitrogens with zero attached hydrogens (tertiary/aromatic N) is 2. The largest absolute Gasteiger partial charge is 0.386 e. The third-order valence-electron chi connectivity index (χ3n) is 4.29. The second-order valence-corrected chi connectivity index (χ2v) is 5.81. The third kappa shape index (κ3) is 3.09. The number of nitrogens with two attached hydrogens (primary N) is 1. The van der Waals surface area contributed by atoms with Crippen LogP contribution in [0.1, 0.15) is 55.6 Å². The van der Waals surface area contributed by atoms with Gasteiger partial charge in [0.25, 0.3) is 0 Å². The van der Waals surface area contributed by atoms with Gasteiger partial charge in [0.05, 0.1) is 6.54 Å². The van der Waals surface area contributed by atoms with Crippen molar-refractivity contribution in [3.05, 3.63) is 35.4 Å². The summed E-state index contributed by atoms with van der Waals surface area (Å²) < 4.78 is 0. The summed E-state index contributed by atoms with van der Waals surface area (Å²) in [4.78, 5) is 0. The highest BCUT2D eigenvalue weighted by molar-refractivity contribution is 5.81. The molecule has 0 spiro atoms. The molecule has 0 aromatic heterocycles. The molecule has 0 amide bonds. The fourth-order valence-corrected chi connectivity index (χ4v) is 3.23.